The SMILES string of the molecule is CCc1ccc(C#Cc2nc(NC)c3[nH]cnc3n2)o1. The molecule has 0 atom stereocenters. The molecule has 20 heavy (non-hydrogen) atoms. The third kappa shape index (κ3) is 2.21. The Bertz CT molecular complexity index is 806. The highest BCUT2D eigenvalue weighted by Gasteiger charge is 2.07. The van der Waals surface area contributed by atoms with Gasteiger partial charge in [0.2, 0.25) is 5.82 Å². The van der Waals surface area contributed by atoms with Crippen LogP contribution < -0.4 is 5.32 Å². The quantitative estimate of drug-likeness (QED) is 0.694. The summed E-state index contributed by atoms with van der Waals surface area (Å²) in [6, 6.07) is 3.76. The van der Waals surface area contributed by atoms with E-state index >= 15 is 0 Å². The summed E-state index contributed by atoms with van der Waals surface area (Å²) < 4.78 is 5.52. The van der Waals surface area contributed by atoms with E-state index < -0.39 is 0 Å². The molecular weight excluding hydrogens is 254 g/mol. The summed E-state index contributed by atoms with van der Waals surface area (Å²) in [5.74, 6) is 8.41. The second kappa shape index (κ2) is 5.05. The van der Waals surface area contributed by atoms with E-state index in [1.54, 1.807) is 13.4 Å². The number of rotatable bonds is 2. The number of nitrogens with zero attached hydrogens (tertiary/aromatic N) is 3. The van der Waals surface area contributed by atoms with Crippen molar-refractivity contribution in [3.8, 4) is 11.8 Å². The Morgan fingerprint density at radius 3 is 2.95 bits per heavy atom. The van der Waals surface area contributed by atoms with Crippen LogP contribution in [-0.2, 0) is 6.42 Å². The third-order valence-corrected chi connectivity index (χ3v) is 2.83. The Hall–Kier alpha value is -2.81. The first-order chi connectivity index (χ1) is 9.80. The first-order valence-corrected chi connectivity index (χ1v) is 6.29. The van der Waals surface area contributed by atoms with Gasteiger partial charge >= 0.3 is 0 Å². The van der Waals surface area contributed by atoms with Crippen molar-refractivity contribution >= 4 is 17.0 Å². The molecular formula is C14H13N5O. The average Bonchev–Trinajstić information content (AvgIpc) is 3.12. The number of aromatic nitrogens is 4. The van der Waals surface area contributed by atoms with Crippen molar-refractivity contribution < 1.29 is 4.42 Å². The van der Waals surface area contributed by atoms with Crippen LogP contribution in [0.4, 0.5) is 5.82 Å². The molecule has 6 heteroatoms. The van der Waals surface area contributed by atoms with Crippen molar-refractivity contribution in [1.82, 2.24) is 19.9 Å². The van der Waals surface area contributed by atoms with Gasteiger partial charge in [0.1, 0.15) is 11.3 Å². The summed E-state index contributed by atoms with van der Waals surface area (Å²) in [6.45, 7) is 2.03. The van der Waals surface area contributed by atoms with Gasteiger partial charge in [0.25, 0.3) is 0 Å². The molecule has 3 heterocycles. The van der Waals surface area contributed by atoms with E-state index in [0.717, 1.165) is 17.7 Å². The van der Waals surface area contributed by atoms with Crippen LogP contribution in [0, 0.1) is 11.8 Å². The molecule has 3 aromatic rings. The molecule has 0 spiro atoms. The summed E-state index contributed by atoms with van der Waals surface area (Å²) in [5.41, 5.74) is 1.35. The summed E-state index contributed by atoms with van der Waals surface area (Å²) in [5, 5.41) is 2.99. The maximum Gasteiger partial charge on any atom is 0.209 e. The van der Waals surface area contributed by atoms with E-state index in [4.69, 9.17) is 4.42 Å². The Kier molecular flexibility index (Phi) is 3.09. The number of imidazole rings is 1. The van der Waals surface area contributed by atoms with Crippen molar-refractivity contribution in [2.45, 2.75) is 13.3 Å². The molecule has 3 aromatic heterocycles. The molecule has 3 rings (SSSR count). The lowest BCUT2D eigenvalue weighted by atomic mass is 10.3. The van der Waals surface area contributed by atoms with E-state index in [2.05, 4.69) is 37.1 Å². The number of H-pyrrole nitrogens is 1. The van der Waals surface area contributed by atoms with Crippen LogP contribution in [0.2, 0.25) is 0 Å². The van der Waals surface area contributed by atoms with Crippen LogP contribution in [0.3, 0.4) is 0 Å². The van der Waals surface area contributed by atoms with Crippen molar-refractivity contribution in [3.05, 3.63) is 35.8 Å². The molecule has 0 fully saturated rings. The van der Waals surface area contributed by atoms with E-state index in [1.807, 2.05) is 19.1 Å². The highest BCUT2D eigenvalue weighted by atomic mass is 16.3. The van der Waals surface area contributed by atoms with E-state index in [-0.39, 0.29) is 0 Å². The first kappa shape index (κ1) is 12.2. The lowest BCUT2D eigenvalue weighted by Gasteiger charge is -1.99. The van der Waals surface area contributed by atoms with Gasteiger partial charge in [0.15, 0.2) is 17.2 Å². The highest BCUT2D eigenvalue weighted by molar-refractivity contribution is 5.82. The monoisotopic (exact) mass is 267 g/mol. The average molecular weight is 267 g/mol. The van der Waals surface area contributed by atoms with E-state index in [0.29, 0.717) is 23.0 Å². The van der Waals surface area contributed by atoms with Crippen LogP contribution >= 0.6 is 0 Å². The smallest absolute Gasteiger partial charge is 0.209 e. The van der Waals surface area contributed by atoms with Gasteiger partial charge in [-0.05, 0) is 24.0 Å². The normalized spacial score (nSPS) is 10.3. The Labute approximate surface area is 115 Å². The first-order valence-electron chi connectivity index (χ1n) is 6.29. The zero-order chi connectivity index (χ0) is 13.9. The van der Waals surface area contributed by atoms with Gasteiger partial charge in [-0.1, -0.05) is 6.92 Å². The predicted molar refractivity (Wildman–Crippen MR) is 75.3 cm³/mol. The number of aryl methyl sites for hydroxylation is 1. The van der Waals surface area contributed by atoms with Crippen LogP contribution in [0.25, 0.3) is 11.2 Å². The van der Waals surface area contributed by atoms with Crippen LogP contribution in [0.5, 0.6) is 0 Å². The fraction of sp³-hybridized carbons (Fsp3) is 0.214. The third-order valence-electron chi connectivity index (χ3n) is 2.83. The van der Waals surface area contributed by atoms with Crippen LogP contribution in [0.15, 0.2) is 22.9 Å². The Morgan fingerprint density at radius 1 is 1.30 bits per heavy atom. The number of fused-ring (bicyclic) bond motifs is 1. The fourth-order valence-corrected chi connectivity index (χ4v) is 1.82. The second-order valence-electron chi connectivity index (χ2n) is 4.12. The molecule has 0 saturated carbocycles. The standard InChI is InChI=1S/C14H13N5O/c1-3-9-4-5-10(20-9)6-7-11-18-13(15-2)12-14(19-11)17-8-16-12/h4-5,8H,3H2,1-2H3,(H2,15,16,17,18,19). The molecule has 100 valence electrons. The Morgan fingerprint density at radius 2 is 2.20 bits per heavy atom. The molecule has 0 aliphatic heterocycles. The zero-order valence-corrected chi connectivity index (χ0v) is 11.2. The highest BCUT2D eigenvalue weighted by Crippen LogP contribution is 2.15. The van der Waals surface area contributed by atoms with E-state index in [9.17, 15) is 0 Å². The molecule has 0 saturated heterocycles. The van der Waals surface area contributed by atoms with Crippen LogP contribution in [-0.4, -0.2) is 27.0 Å². The van der Waals surface area contributed by atoms with Gasteiger partial charge in [0.05, 0.1) is 6.33 Å². The molecule has 0 aliphatic rings. The Balaban J connectivity index is 1.98. The number of furan rings is 1. The fourth-order valence-electron chi connectivity index (χ4n) is 1.82. The van der Waals surface area contributed by atoms with Gasteiger partial charge in [-0.3, -0.25) is 0 Å². The van der Waals surface area contributed by atoms with Gasteiger partial charge in [-0.25, -0.2) is 9.97 Å². The number of hydrogen-bond donors (Lipinski definition) is 2. The summed E-state index contributed by atoms with van der Waals surface area (Å²) >= 11 is 0. The molecule has 0 bridgehead atoms. The van der Waals surface area contributed by atoms with Crippen molar-refractivity contribution in [2.24, 2.45) is 0 Å². The molecule has 2 N–H and O–H groups in total. The maximum atomic E-state index is 5.52. The van der Waals surface area contributed by atoms with Gasteiger partial charge in [-0.2, -0.15) is 4.98 Å². The summed E-state index contributed by atoms with van der Waals surface area (Å²) in [4.78, 5) is 15.7. The van der Waals surface area contributed by atoms with Gasteiger partial charge < -0.3 is 14.7 Å². The van der Waals surface area contributed by atoms with Gasteiger partial charge in [0, 0.05) is 13.5 Å². The molecule has 0 aliphatic carbocycles. The van der Waals surface area contributed by atoms with Crippen molar-refractivity contribution in [3.63, 3.8) is 0 Å². The molecule has 0 aromatic carbocycles. The number of aromatic amines is 1. The summed E-state index contributed by atoms with van der Waals surface area (Å²) in [6.07, 6.45) is 2.43. The molecule has 0 amide bonds. The minimum absolute atomic E-state index is 0.406. The number of nitrogens with one attached hydrogen (secondary N) is 2. The topological polar surface area (TPSA) is 79.6 Å². The zero-order valence-electron chi connectivity index (χ0n) is 11.2. The lowest BCUT2D eigenvalue weighted by molar-refractivity contribution is 0.505. The number of anilines is 1. The minimum Gasteiger partial charge on any atom is -0.453 e. The van der Waals surface area contributed by atoms with Gasteiger partial charge in [-0.15, -0.1) is 0 Å². The number of hydrogen-bond acceptors (Lipinski definition) is 5. The van der Waals surface area contributed by atoms with Crippen molar-refractivity contribution in [2.75, 3.05) is 12.4 Å². The lowest BCUT2D eigenvalue weighted by Crippen LogP contribution is -1.98. The van der Waals surface area contributed by atoms with Crippen molar-refractivity contribution in [1.29, 1.82) is 0 Å². The minimum atomic E-state index is 0.406. The largest absolute Gasteiger partial charge is 0.453 e. The maximum absolute atomic E-state index is 5.52. The molecule has 6 nitrogen and oxygen atoms in total. The van der Waals surface area contributed by atoms with E-state index in [1.165, 1.54) is 0 Å². The second-order valence-corrected chi connectivity index (χ2v) is 4.12. The predicted octanol–water partition coefficient (Wildman–Crippen LogP) is 1.95. The molecule has 0 unspecified atom stereocenters. The van der Waals surface area contributed by atoms with Crippen LogP contribution in [0.1, 0.15) is 24.3 Å². The summed E-state index contributed by atoms with van der Waals surface area (Å²) in [7, 11) is 1.79. The molecule has 0 radical (unpaired) electrons.